The van der Waals surface area contributed by atoms with E-state index >= 15 is 0 Å². The molecule has 0 fully saturated rings. The number of hydrogen-bond donors (Lipinski definition) is 2. The number of ketones is 3. The zero-order chi connectivity index (χ0) is 21.9. The van der Waals surface area contributed by atoms with Gasteiger partial charge in [-0.2, -0.15) is 0 Å². The SMILES string of the molecule is C=C/C(=C\C=NCC(C)=O)C(=O)CC.C=C/C(=C\C=[NH+]CC(C)=O)C(=S)NC. The molecule has 152 valence electrons. The lowest BCUT2D eigenvalue weighted by Gasteiger charge is -1.99. The van der Waals surface area contributed by atoms with Gasteiger partial charge in [-0.3, -0.25) is 19.4 Å². The van der Waals surface area contributed by atoms with Crippen molar-refractivity contribution in [3.8, 4) is 0 Å². The number of likely N-dealkylation sites (N-methyl/N-ethyl adjacent to an activating group) is 1. The molecule has 0 aliphatic carbocycles. The van der Waals surface area contributed by atoms with E-state index in [1.807, 2.05) is 0 Å². The average Bonchev–Trinajstić information content (AvgIpc) is 2.67. The molecule has 0 aromatic carbocycles. The maximum atomic E-state index is 11.2. The first kappa shape index (κ1) is 27.4. The van der Waals surface area contributed by atoms with Gasteiger partial charge < -0.3 is 5.32 Å². The van der Waals surface area contributed by atoms with Gasteiger partial charge in [0.05, 0.1) is 6.54 Å². The van der Waals surface area contributed by atoms with Crippen LogP contribution in [-0.4, -0.2) is 54.9 Å². The van der Waals surface area contributed by atoms with Crippen LogP contribution in [0.1, 0.15) is 27.2 Å². The number of carbonyl (C=O) groups is 3. The molecule has 0 aromatic rings. The van der Waals surface area contributed by atoms with Gasteiger partial charge in [0.2, 0.25) is 0 Å². The molecule has 0 rings (SSSR count). The summed E-state index contributed by atoms with van der Waals surface area (Å²) in [5.74, 6) is 0.108. The van der Waals surface area contributed by atoms with Crippen molar-refractivity contribution in [1.29, 1.82) is 0 Å². The van der Waals surface area contributed by atoms with E-state index in [2.05, 4.69) is 28.5 Å². The minimum absolute atomic E-state index is 0.00313. The molecule has 0 bridgehead atoms. The summed E-state index contributed by atoms with van der Waals surface area (Å²) in [7, 11) is 1.75. The molecule has 0 amide bonds. The van der Waals surface area contributed by atoms with Crippen LogP contribution in [0, 0.1) is 0 Å². The van der Waals surface area contributed by atoms with Crippen LogP contribution in [0.3, 0.4) is 0 Å². The minimum atomic E-state index is -0.00313. The third-order valence-corrected chi connectivity index (χ3v) is 3.42. The standard InChI is InChI=1S/C11H15NO2.C10H14N2OS/c1-4-10(11(14)5-2)6-7-12-8-9(3)13;1-4-9(10(14)11-3)5-6-12-7-8(2)13/h4,6-7H,1,5,8H2,2-3H3;4-6H,1,7H2,2-3H3,(H,11,14)/p+1/b10-6+,12-7?;9-5+,12-6?. The monoisotopic (exact) mass is 404 g/mol. The third kappa shape index (κ3) is 15.5. The van der Waals surface area contributed by atoms with E-state index in [1.54, 1.807) is 38.4 Å². The zero-order valence-corrected chi connectivity index (χ0v) is 17.9. The lowest BCUT2D eigenvalue weighted by atomic mass is 10.1. The van der Waals surface area contributed by atoms with Crippen LogP contribution < -0.4 is 10.3 Å². The first-order chi connectivity index (χ1) is 13.2. The number of carbonyl (C=O) groups excluding carboxylic acids is 3. The van der Waals surface area contributed by atoms with E-state index < -0.39 is 0 Å². The van der Waals surface area contributed by atoms with Gasteiger partial charge in [-0.15, -0.1) is 0 Å². The van der Waals surface area contributed by atoms with E-state index in [-0.39, 0.29) is 23.9 Å². The predicted molar refractivity (Wildman–Crippen MR) is 120 cm³/mol. The Labute approximate surface area is 172 Å². The van der Waals surface area contributed by atoms with Gasteiger partial charge >= 0.3 is 0 Å². The molecule has 0 aliphatic heterocycles. The van der Waals surface area contributed by atoms with Gasteiger partial charge in [-0.1, -0.05) is 44.5 Å². The molecule has 0 atom stereocenters. The molecular weight excluding hydrogens is 374 g/mol. The van der Waals surface area contributed by atoms with Crippen molar-refractivity contribution in [1.82, 2.24) is 5.32 Å². The zero-order valence-electron chi connectivity index (χ0n) is 17.1. The number of hydrogen-bond acceptors (Lipinski definition) is 5. The highest BCUT2D eigenvalue weighted by molar-refractivity contribution is 7.80. The van der Waals surface area contributed by atoms with Crippen molar-refractivity contribution in [2.24, 2.45) is 4.99 Å². The molecule has 28 heavy (non-hydrogen) atoms. The Morgan fingerprint density at radius 1 is 1.07 bits per heavy atom. The van der Waals surface area contributed by atoms with Crippen LogP contribution in [0.2, 0.25) is 0 Å². The maximum absolute atomic E-state index is 11.2. The second-order valence-corrected chi connectivity index (χ2v) is 5.86. The topological polar surface area (TPSA) is 89.6 Å². The van der Waals surface area contributed by atoms with Crippen LogP contribution in [-0.2, 0) is 14.4 Å². The minimum Gasteiger partial charge on any atom is -0.379 e. The highest BCUT2D eigenvalue weighted by Gasteiger charge is 2.00. The second-order valence-electron chi connectivity index (χ2n) is 5.45. The maximum Gasteiger partial charge on any atom is 0.198 e. The fraction of sp³-hybridized carbons (Fsp3) is 0.333. The number of allylic oxidation sites excluding steroid dienone is 4. The molecule has 2 N–H and O–H groups in total. The number of Topliss-reactive ketones (excluding diaryl/α,β-unsaturated/α-hetero) is 3. The Kier molecular flexibility index (Phi) is 17.2. The number of aliphatic imine (C=N–C) groups is 1. The van der Waals surface area contributed by atoms with Gasteiger partial charge in [0.1, 0.15) is 4.99 Å². The fourth-order valence-electron chi connectivity index (χ4n) is 1.53. The quantitative estimate of drug-likeness (QED) is 0.233. The van der Waals surface area contributed by atoms with Gasteiger partial charge in [-0.05, 0) is 13.0 Å². The molecule has 0 aliphatic rings. The number of thiocarbonyl (C=S) groups is 1. The lowest BCUT2D eigenvalue weighted by molar-refractivity contribution is -0.437. The third-order valence-electron chi connectivity index (χ3n) is 2.98. The van der Waals surface area contributed by atoms with Crippen LogP contribution in [0.25, 0.3) is 0 Å². The Hall–Kier alpha value is -2.80. The number of nitrogens with one attached hydrogen (secondary N) is 2. The number of nitrogens with zero attached hydrogens (tertiary/aromatic N) is 1. The second kappa shape index (κ2) is 17.6. The summed E-state index contributed by atoms with van der Waals surface area (Å²) in [6.45, 7) is 12.4. The highest BCUT2D eigenvalue weighted by atomic mass is 32.1. The van der Waals surface area contributed by atoms with E-state index in [1.165, 1.54) is 26.1 Å². The van der Waals surface area contributed by atoms with Crippen LogP contribution >= 0.6 is 12.2 Å². The van der Waals surface area contributed by atoms with Crippen LogP contribution in [0.15, 0.2) is 53.6 Å². The van der Waals surface area contributed by atoms with E-state index in [0.717, 1.165) is 5.57 Å². The summed E-state index contributed by atoms with van der Waals surface area (Å²) in [5.41, 5.74) is 1.35. The van der Waals surface area contributed by atoms with E-state index in [0.29, 0.717) is 23.5 Å². The molecule has 0 unspecified atom stereocenters. The summed E-state index contributed by atoms with van der Waals surface area (Å²) in [6, 6.07) is 0. The Balaban J connectivity index is 0. The molecule has 0 spiro atoms. The largest absolute Gasteiger partial charge is 0.379 e. The highest BCUT2D eigenvalue weighted by Crippen LogP contribution is 1.99. The van der Waals surface area contributed by atoms with Crippen molar-refractivity contribution in [2.75, 3.05) is 20.1 Å². The Morgan fingerprint density at radius 3 is 2.11 bits per heavy atom. The van der Waals surface area contributed by atoms with Crippen molar-refractivity contribution >= 4 is 47.0 Å². The van der Waals surface area contributed by atoms with Gasteiger partial charge in [0.25, 0.3) is 0 Å². The normalized spacial score (nSPS) is 11.6. The van der Waals surface area contributed by atoms with Gasteiger partial charge in [0.15, 0.2) is 30.1 Å². The summed E-state index contributed by atoms with van der Waals surface area (Å²) < 4.78 is 0. The summed E-state index contributed by atoms with van der Waals surface area (Å²) in [6.07, 6.45) is 10.1. The molecule has 0 heterocycles. The van der Waals surface area contributed by atoms with Gasteiger partial charge in [-0.25, -0.2) is 4.99 Å². The summed E-state index contributed by atoms with van der Waals surface area (Å²) in [5, 5.41) is 2.84. The van der Waals surface area contributed by atoms with Gasteiger partial charge in [0, 0.05) is 43.8 Å². The smallest absolute Gasteiger partial charge is 0.198 e. The Morgan fingerprint density at radius 2 is 1.68 bits per heavy atom. The number of rotatable bonds is 11. The lowest BCUT2D eigenvalue weighted by Crippen LogP contribution is -2.70. The molecule has 6 nitrogen and oxygen atoms in total. The summed E-state index contributed by atoms with van der Waals surface area (Å²) >= 11 is 5.01. The fourth-order valence-corrected chi connectivity index (χ4v) is 1.68. The van der Waals surface area contributed by atoms with E-state index in [9.17, 15) is 14.4 Å². The summed E-state index contributed by atoms with van der Waals surface area (Å²) in [4.78, 5) is 39.6. The predicted octanol–water partition coefficient (Wildman–Crippen LogP) is 1.12. The molecule has 7 heteroatoms. The average molecular weight is 405 g/mol. The van der Waals surface area contributed by atoms with Crippen molar-refractivity contribution in [3.63, 3.8) is 0 Å². The molecule has 0 saturated carbocycles. The van der Waals surface area contributed by atoms with Crippen LogP contribution in [0.4, 0.5) is 0 Å². The first-order valence-corrected chi connectivity index (χ1v) is 9.10. The van der Waals surface area contributed by atoms with E-state index in [4.69, 9.17) is 12.2 Å². The van der Waals surface area contributed by atoms with Crippen LogP contribution in [0.5, 0.6) is 0 Å². The first-order valence-electron chi connectivity index (χ1n) is 8.69. The molecule has 0 radical (unpaired) electrons. The van der Waals surface area contributed by atoms with Crippen molar-refractivity contribution < 1.29 is 19.4 Å². The molecule has 0 saturated heterocycles. The molecule has 0 aromatic heterocycles. The van der Waals surface area contributed by atoms with Crippen molar-refractivity contribution in [2.45, 2.75) is 27.2 Å². The molecular formula is C21H30N3O3S+. The van der Waals surface area contributed by atoms with Crippen molar-refractivity contribution in [3.05, 3.63) is 48.6 Å². The Bertz CT molecular complexity index is 642.